The number of para-hydroxylation sites is 2. The lowest BCUT2D eigenvalue weighted by Crippen LogP contribution is -2.30. The van der Waals surface area contributed by atoms with E-state index >= 15 is 0 Å². The Labute approximate surface area is 134 Å². The van der Waals surface area contributed by atoms with Crippen molar-refractivity contribution in [3.8, 4) is 6.07 Å². The van der Waals surface area contributed by atoms with Crippen molar-refractivity contribution in [2.75, 3.05) is 10.6 Å². The summed E-state index contributed by atoms with van der Waals surface area (Å²) >= 11 is 0. The Hall–Kier alpha value is -3.34. The topological polar surface area (TPSA) is 82.0 Å². The van der Waals surface area contributed by atoms with Gasteiger partial charge in [-0.15, -0.1) is 0 Å². The van der Waals surface area contributed by atoms with Crippen LogP contribution in [0.3, 0.4) is 0 Å². The summed E-state index contributed by atoms with van der Waals surface area (Å²) in [5, 5.41) is 13.0. The molecule has 24 heavy (non-hydrogen) atoms. The van der Waals surface area contributed by atoms with Crippen molar-refractivity contribution in [1.82, 2.24) is 0 Å². The van der Waals surface area contributed by atoms with Gasteiger partial charge in [0.2, 0.25) is 0 Å². The number of halogens is 3. The van der Waals surface area contributed by atoms with Gasteiger partial charge < -0.3 is 10.6 Å². The Balaban J connectivity index is 2.16. The molecule has 0 heterocycles. The van der Waals surface area contributed by atoms with Crippen LogP contribution in [0.4, 0.5) is 24.5 Å². The first-order valence-corrected chi connectivity index (χ1v) is 6.60. The number of rotatable bonds is 2. The van der Waals surface area contributed by atoms with E-state index in [1.54, 1.807) is 6.07 Å². The van der Waals surface area contributed by atoms with E-state index in [1.165, 1.54) is 30.3 Å². The SMILES string of the molecule is N#Cc1ccccc1NC(=O)C(=O)Nc1ccccc1C(F)(F)F. The number of carbonyl (C=O) groups excluding carboxylic acids is 2. The van der Waals surface area contributed by atoms with Crippen LogP contribution in [-0.4, -0.2) is 11.8 Å². The number of hydrogen-bond acceptors (Lipinski definition) is 3. The molecule has 2 N–H and O–H groups in total. The fourth-order valence-corrected chi connectivity index (χ4v) is 1.89. The molecule has 0 spiro atoms. The van der Waals surface area contributed by atoms with Crippen LogP contribution >= 0.6 is 0 Å². The summed E-state index contributed by atoms with van der Waals surface area (Å²) in [6.45, 7) is 0. The van der Waals surface area contributed by atoms with Crippen molar-refractivity contribution in [3.05, 3.63) is 59.7 Å². The maximum absolute atomic E-state index is 12.9. The second-order valence-electron chi connectivity index (χ2n) is 4.61. The predicted octanol–water partition coefficient (Wildman–Crippen LogP) is 3.15. The lowest BCUT2D eigenvalue weighted by molar-refractivity contribution is -0.137. The molecule has 5 nitrogen and oxygen atoms in total. The standard InChI is InChI=1S/C16H10F3N3O2/c17-16(18,19)11-6-2-4-8-13(11)22-15(24)14(23)21-12-7-3-1-5-10(12)9-20/h1-8H,(H,21,23)(H,22,24). The number of hydrogen-bond donors (Lipinski definition) is 2. The van der Waals surface area contributed by atoms with Crippen LogP contribution in [0.5, 0.6) is 0 Å². The zero-order valence-electron chi connectivity index (χ0n) is 12.0. The molecule has 0 atom stereocenters. The molecule has 0 saturated carbocycles. The minimum atomic E-state index is -4.67. The molecule has 2 aromatic rings. The monoisotopic (exact) mass is 333 g/mol. The van der Waals surface area contributed by atoms with Gasteiger partial charge in [0.1, 0.15) is 6.07 Å². The van der Waals surface area contributed by atoms with Crippen molar-refractivity contribution in [3.63, 3.8) is 0 Å². The van der Waals surface area contributed by atoms with E-state index in [2.05, 4.69) is 5.32 Å². The van der Waals surface area contributed by atoms with Crippen LogP contribution in [0.25, 0.3) is 0 Å². The molecule has 122 valence electrons. The summed E-state index contributed by atoms with van der Waals surface area (Å²) in [6.07, 6.45) is -4.67. The van der Waals surface area contributed by atoms with Crippen molar-refractivity contribution < 1.29 is 22.8 Å². The zero-order chi connectivity index (χ0) is 17.7. The molecule has 2 aromatic carbocycles. The number of carbonyl (C=O) groups is 2. The van der Waals surface area contributed by atoms with E-state index in [4.69, 9.17) is 5.26 Å². The van der Waals surface area contributed by atoms with Crippen molar-refractivity contribution in [1.29, 1.82) is 5.26 Å². The van der Waals surface area contributed by atoms with E-state index in [-0.39, 0.29) is 11.3 Å². The molecule has 0 saturated heterocycles. The van der Waals surface area contributed by atoms with Gasteiger partial charge in [-0.05, 0) is 24.3 Å². The Morgan fingerprint density at radius 2 is 1.38 bits per heavy atom. The lowest BCUT2D eigenvalue weighted by atomic mass is 10.1. The third-order valence-electron chi connectivity index (χ3n) is 2.98. The molecule has 0 aromatic heterocycles. The van der Waals surface area contributed by atoms with E-state index in [0.29, 0.717) is 0 Å². The molecular weight excluding hydrogens is 323 g/mol. The van der Waals surface area contributed by atoms with Crippen LogP contribution in [0.15, 0.2) is 48.5 Å². The first-order valence-electron chi connectivity index (χ1n) is 6.60. The van der Waals surface area contributed by atoms with Crippen LogP contribution in [0.2, 0.25) is 0 Å². The molecule has 2 rings (SSSR count). The lowest BCUT2D eigenvalue weighted by Gasteiger charge is -2.13. The van der Waals surface area contributed by atoms with E-state index in [9.17, 15) is 22.8 Å². The minimum absolute atomic E-state index is 0.0873. The summed E-state index contributed by atoms with van der Waals surface area (Å²) in [5.74, 6) is -2.46. The van der Waals surface area contributed by atoms with E-state index < -0.39 is 29.2 Å². The van der Waals surface area contributed by atoms with Gasteiger partial charge in [0.25, 0.3) is 0 Å². The van der Waals surface area contributed by atoms with Crippen LogP contribution in [0, 0.1) is 11.3 Å². The largest absolute Gasteiger partial charge is 0.418 e. The number of benzene rings is 2. The van der Waals surface area contributed by atoms with Gasteiger partial charge in [0.15, 0.2) is 0 Å². The highest BCUT2D eigenvalue weighted by atomic mass is 19.4. The highest BCUT2D eigenvalue weighted by Crippen LogP contribution is 2.34. The molecule has 0 radical (unpaired) electrons. The molecular formula is C16H10F3N3O2. The van der Waals surface area contributed by atoms with Crippen LogP contribution in [0.1, 0.15) is 11.1 Å². The maximum Gasteiger partial charge on any atom is 0.418 e. The highest BCUT2D eigenvalue weighted by Gasteiger charge is 2.34. The predicted molar refractivity (Wildman–Crippen MR) is 79.9 cm³/mol. The molecule has 0 aliphatic heterocycles. The number of alkyl halides is 3. The van der Waals surface area contributed by atoms with Crippen molar-refractivity contribution >= 4 is 23.2 Å². The number of anilines is 2. The minimum Gasteiger partial charge on any atom is -0.317 e. The maximum atomic E-state index is 12.9. The Kier molecular flexibility index (Phi) is 4.84. The first-order chi connectivity index (χ1) is 11.3. The first kappa shape index (κ1) is 17.0. The average molecular weight is 333 g/mol. The van der Waals surface area contributed by atoms with E-state index in [1.807, 2.05) is 11.4 Å². The summed E-state index contributed by atoms with van der Waals surface area (Å²) in [5.41, 5.74) is -1.39. The molecule has 2 amide bonds. The van der Waals surface area contributed by atoms with Crippen molar-refractivity contribution in [2.45, 2.75) is 6.18 Å². The summed E-state index contributed by atoms with van der Waals surface area (Å²) in [4.78, 5) is 23.7. The quantitative estimate of drug-likeness (QED) is 0.828. The summed E-state index contributed by atoms with van der Waals surface area (Å²) in [6, 6.07) is 12.0. The van der Waals surface area contributed by atoms with Gasteiger partial charge in [0, 0.05) is 0 Å². The highest BCUT2D eigenvalue weighted by molar-refractivity contribution is 6.43. The number of nitrogens with one attached hydrogen (secondary N) is 2. The average Bonchev–Trinajstić information content (AvgIpc) is 2.54. The fourth-order valence-electron chi connectivity index (χ4n) is 1.89. The molecule has 0 fully saturated rings. The molecule has 0 unspecified atom stereocenters. The number of nitrogens with zero attached hydrogens (tertiary/aromatic N) is 1. The van der Waals surface area contributed by atoms with Crippen LogP contribution < -0.4 is 10.6 Å². The van der Waals surface area contributed by atoms with Gasteiger partial charge in [-0.25, -0.2) is 0 Å². The molecule has 0 aliphatic rings. The Morgan fingerprint density at radius 3 is 1.96 bits per heavy atom. The normalized spacial score (nSPS) is 10.6. The number of amides is 2. The fraction of sp³-hybridized carbons (Fsp3) is 0.0625. The molecule has 0 aliphatic carbocycles. The Bertz CT molecular complexity index is 826. The third kappa shape index (κ3) is 3.89. The molecule has 0 bridgehead atoms. The van der Waals surface area contributed by atoms with Gasteiger partial charge in [-0.2, -0.15) is 18.4 Å². The molecule has 8 heteroatoms. The zero-order valence-corrected chi connectivity index (χ0v) is 12.0. The van der Waals surface area contributed by atoms with Gasteiger partial charge in [-0.3, -0.25) is 9.59 Å². The smallest absolute Gasteiger partial charge is 0.317 e. The van der Waals surface area contributed by atoms with Gasteiger partial charge >= 0.3 is 18.0 Å². The van der Waals surface area contributed by atoms with Crippen molar-refractivity contribution in [2.24, 2.45) is 0 Å². The second-order valence-corrected chi connectivity index (χ2v) is 4.61. The van der Waals surface area contributed by atoms with Gasteiger partial charge in [-0.1, -0.05) is 24.3 Å². The Morgan fingerprint density at radius 1 is 0.875 bits per heavy atom. The summed E-state index contributed by atoms with van der Waals surface area (Å²) in [7, 11) is 0. The van der Waals surface area contributed by atoms with Gasteiger partial charge in [0.05, 0.1) is 22.5 Å². The van der Waals surface area contributed by atoms with Crippen LogP contribution in [-0.2, 0) is 15.8 Å². The number of nitriles is 1. The summed E-state index contributed by atoms with van der Waals surface area (Å²) < 4.78 is 38.6. The second kappa shape index (κ2) is 6.83. The third-order valence-corrected chi connectivity index (χ3v) is 2.98. The van der Waals surface area contributed by atoms with E-state index in [0.717, 1.165) is 12.1 Å².